The maximum absolute atomic E-state index is 13.0. The Morgan fingerprint density at radius 2 is 2.14 bits per heavy atom. The predicted molar refractivity (Wildman–Crippen MR) is 69.5 cm³/mol. The van der Waals surface area contributed by atoms with E-state index < -0.39 is 29.7 Å². The number of carboxylic acid groups (broad SMARTS) is 1. The Balaban J connectivity index is 2.45. The first-order valence-electron chi connectivity index (χ1n) is 6.15. The predicted octanol–water partition coefficient (Wildman–Crippen LogP) is 3.10. The lowest BCUT2D eigenvalue weighted by molar-refractivity contribution is -0.141. The van der Waals surface area contributed by atoms with Gasteiger partial charge in [-0.1, -0.05) is 11.6 Å². The van der Waals surface area contributed by atoms with E-state index in [1.165, 1.54) is 6.07 Å². The molecule has 1 aliphatic rings. The molecule has 8 heteroatoms. The van der Waals surface area contributed by atoms with Gasteiger partial charge in [-0.3, -0.25) is 4.79 Å². The molecular formula is C13H13ClF3NO3. The van der Waals surface area contributed by atoms with Crippen molar-refractivity contribution < 1.29 is 27.8 Å². The zero-order valence-corrected chi connectivity index (χ0v) is 11.8. The van der Waals surface area contributed by atoms with E-state index in [4.69, 9.17) is 21.4 Å². The van der Waals surface area contributed by atoms with Crippen LogP contribution in [0.15, 0.2) is 12.1 Å². The van der Waals surface area contributed by atoms with Crippen LogP contribution in [0.25, 0.3) is 0 Å². The molecule has 2 N–H and O–H groups in total. The summed E-state index contributed by atoms with van der Waals surface area (Å²) in [5, 5.41) is 11.8. The first kappa shape index (κ1) is 15.9. The zero-order valence-electron chi connectivity index (χ0n) is 11.0. The van der Waals surface area contributed by atoms with Crippen molar-refractivity contribution >= 4 is 17.6 Å². The number of carbonyl (C=O) groups is 1. The number of carboxylic acids is 1. The quantitative estimate of drug-likeness (QED) is 0.897. The van der Waals surface area contributed by atoms with Crippen LogP contribution in [-0.2, 0) is 11.0 Å². The standard InChI is InChI=1S/C13H13ClF3NO3/c1-21-11-8(10-2-6(5-18-10)12(19)20)3-7(14)4-9(11)13(15,16)17/h3-4,6,10,18H,2,5H2,1H3,(H,19,20). The molecule has 1 aromatic rings. The molecule has 4 nitrogen and oxygen atoms in total. The fourth-order valence-electron chi connectivity index (χ4n) is 2.47. The molecule has 2 unspecified atom stereocenters. The summed E-state index contributed by atoms with van der Waals surface area (Å²) in [6, 6.07) is 1.63. The third-order valence-corrected chi connectivity index (χ3v) is 3.67. The zero-order chi connectivity index (χ0) is 15.8. The molecule has 1 saturated heterocycles. The van der Waals surface area contributed by atoms with Crippen LogP contribution in [-0.4, -0.2) is 24.7 Å². The Morgan fingerprint density at radius 3 is 2.62 bits per heavy atom. The van der Waals surface area contributed by atoms with E-state index in [9.17, 15) is 18.0 Å². The van der Waals surface area contributed by atoms with Gasteiger partial charge in [0.25, 0.3) is 0 Å². The summed E-state index contributed by atoms with van der Waals surface area (Å²) in [7, 11) is 1.14. The van der Waals surface area contributed by atoms with Crippen LogP contribution < -0.4 is 10.1 Å². The SMILES string of the molecule is COc1c(C2CC(C(=O)O)CN2)cc(Cl)cc1C(F)(F)F. The number of ether oxygens (including phenoxy) is 1. The summed E-state index contributed by atoms with van der Waals surface area (Å²) in [4.78, 5) is 10.9. The molecule has 21 heavy (non-hydrogen) atoms. The fourth-order valence-corrected chi connectivity index (χ4v) is 2.70. The van der Waals surface area contributed by atoms with Crippen molar-refractivity contribution in [3.63, 3.8) is 0 Å². The average molecular weight is 324 g/mol. The van der Waals surface area contributed by atoms with Crippen molar-refractivity contribution in [3.8, 4) is 5.75 Å². The average Bonchev–Trinajstić information content (AvgIpc) is 2.86. The van der Waals surface area contributed by atoms with Crippen LogP contribution in [0, 0.1) is 5.92 Å². The molecule has 0 saturated carbocycles. The number of aliphatic carboxylic acids is 1. The number of benzene rings is 1. The second-order valence-electron chi connectivity index (χ2n) is 4.81. The second-order valence-corrected chi connectivity index (χ2v) is 5.24. The molecule has 116 valence electrons. The molecule has 0 aliphatic carbocycles. The Labute approximate surface area is 123 Å². The summed E-state index contributed by atoms with van der Waals surface area (Å²) in [6.07, 6.45) is -4.42. The third-order valence-electron chi connectivity index (χ3n) is 3.45. The van der Waals surface area contributed by atoms with Crippen LogP contribution in [0.3, 0.4) is 0 Å². The Morgan fingerprint density at radius 1 is 1.48 bits per heavy atom. The van der Waals surface area contributed by atoms with E-state index in [1.807, 2.05) is 0 Å². The molecule has 0 bridgehead atoms. The van der Waals surface area contributed by atoms with Gasteiger partial charge in [-0.05, 0) is 18.6 Å². The molecule has 0 aromatic heterocycles. The molecule has 0 spiro atoms. The van der Waals surface area contributed by atoms with Gasteiger partial charge in [0.2, 0.25) is 0 Å². The Kier molecular flexibility index (Phi) is 4.34. The van der Waals surface area contributed by atoms with Crippen LogP contribution in [0.2, 0.25) is 5.02 Å². The molecule has 2 atom stereocenters. The van der Waals surface area contributed by atoms with Gasteiger partial charge in [-0.25, -0.2) is 0 Å². The lowest BCUT2D eigenvalue weighted by atomic mass is 9.97. The minimum Gasteiger partial charge on any atom is -0.496 e. The highest BCUT2D eigenvalue weighted by Gasteiger charge is 2.39. The van der Waals surface area contributed by atoms with Gasteiger partial charge in [-0.2, -0.15) is 13.2 Å². The van der Waals surface area contributed by atoms with Crippen LogP contribution in [0.5, 0.6) is 5.75 Å². The maximum atomic E-state index is 13.0. The summed E-state index contributed by atoms with van der Waals surface area (Å²) < 4.78 is 44.0. The number of hydrogen-bond donors (Lipinski definition) is 2. The van der Waals surface area contributed by atoms with Gasteiger partial charge in [0.15, 0.2) is 0 Å². The van der Waals surface area contributed by atoms with Gasteiger partial charge < -0.3 is 15.2 Å². The van der Waals surface area contributed by atoms with Gasteiger partial charge in [0.05, 0.1) is 18.6 Å². The molecule has 2 rings (SSSR count). The smallest absolute Gasteiger partial charge is 0.420 e. The van der Waals surface area contributed by atoms with Crippen LogP contribution in [0.4, 0.5) is 13.2 Å². The van der Waals surface area contributed by atoms with Crippen molar-refractivity contribution in [2.75, 3.05) is 13.7 Å². The molecule has 0 radical (unpaired) electrons. The van der Waals surface area contributed by atoms with Crippen molar-refractivity contribution in [1.82, 2.24) is 5.32 Å². The molecule has 1 aromatic carbocycles. The summed E-state index contributed by atoms with van der Waals surface area (Å²) in [6.45, 7) is 0.191. The van der Waals surface area contributed by atoms with Crippen molar-refractivity contribution in [3.05, 3.63) is 28.3 Å². The molecule has 0 amide bonds. The summed E-state index contributed by atoms with van der Waals surface area (Å²) in [5.41, 5.74) is -0.742. The van der Waals surface area contributed by atoms with Gasteiger partial charge in [0.1, 0.15) is 5.75 Å². The number of alkyl halides is 3. The minimum atomic E-state index is -4.60. The highest BCUT2D eigenvalue weighted by Crippen LogP contribution is 2.43. The molecule has 1 aliphatic heterocycles. The largest absolute Gasteiger partial charge is 0.496 e. The Bertz CT molecular complexity index is 562. The van der Waals surface area contributed by atoms with Crippen molar-refractivity contribution in [1.29, 1.82) is 0 Å². The van der Waals surface area contributed by atoms with E-state index in [-0.39, 0.29) is 29.3 Å². The molecule has 1 heterocycles. The molecule has 1 fully saturated rings. The Hall–Kier alpha value is -1.47. The van der Waals surface area contributed by atoms with Crippen molar-refractivity contribution in [2.24, 2.45) is 5.92 Å². The minimum absolute atomic E-state index is 0.0706. The summed E-state index contributed by atoms with van der Waals surface area (Å²) in [5.74, 6) is -1.95. The fraction of sp³-hybridized carbons (Fsp3) is 0.462. The lowest BCUT2D eigenvalue weighted by Crippen LogP contribution is -2.18. The monoisotopic (exact) mass is 323 g/mol. The van der Waals surface area contributed by atoms with E-state index in [1.54, 1.807) is 0 Å². The number of methoxy groups -OCH3 is 1. The van der Waals surface area contributed by atoms with E-state index in [0.717, 1.165) is 13.2 Å². The number of rotatable bonds is 3. The maximum Gasteiger partial charge on any atom is 0.420 e. The number of halogens is 4. The second kappa shape index (κ2) is 5.73. The first-order chi connectivity index (χ1) is 9.74. The van der Waals surface area contributed by atoms with E-state index in [2.05, 4.69) is 5.32 Å². The van der Waals surface area contributed by atoms with Crippen LogP contribution in [0.1, 0.15) is 23.6 Å². The highest BCUT2D eigenvalue weighted by atomic mass is 35.5. The van der Waals surface area contributed by atoms with Gasteiger partial charge in [-0.15, -0.1) is 0 Å². The van der Waals surface area contributed by atoms with E-state index in [0.29, 0.717) is 0 Å². The van der Waals surface area contributed by atoms with Gasteiger partial charge in [0, 0.05) is 23.2 Å². The van der Waals surface area contributed by atoms with Crippen LogP contribution >= 0.6 is 11.6 Å². The number of hydrogen-bond acceptors (Lipinski definition) is 3. The normalized spacial score (nSPS) is 22.3. The lowest BCUT2D eigenvalue weighted by Gasteiger charge is -2.20. The van der Waals surface area contributed by atoms with E-state index >= 15 is 0 Å². The highest BCUT2D eigenvalue weighted by molar-refractivity contribution is 6.30. The molecular weight excluding hydrogens is 311 g/mol. The summed E-state index contributed by atoms with van der Waals surface area (Å²) >= 11 is 5.76. The topological polar surface area (TPSA) is 58.6 Å². The first-order valence-corrected chi connectivity index (χ1v) is 6.52. The van der Waals surface area contributed by atoms with Gasteiger partial charge >= 0.3 is 12.1 Å². The van der Waals surface area contributed by atoms with Crippen molar-refractivity contribution in [2.45, 2.75) is 18.6 Å². The third kappa shape index (κ3) is 3.24. The number of nitrogens with one attached hydrogen (secondary N) is 1.